The van der Waals surface area contributed by atoms with E-state index in [-0.39, 0.29) is 0 Å². The molecule has 1 saturated carbocycles. The van der Waals surface area contributed by atoms with Crippen molar-refractivity contribution in [2.75, 3.05) is 27.2 Å². The van der Waals surface area contributed by atoms with Crippen molar-refractivity contribution in [3.8, 4) is 0 Å². The summed E-state index contributed by atoms with van der Waals surface area (Å²) in [7, 11) is 4.23. The fraction of sp³-hybridized carbons (Fsp3) is 0.700. The minimum absolute atomic E-state index is 0.990. The second-order valence-electron chi connectivity index (χ2n) is 6.32. The third-order valence-corrected chi connectivity index (χ3v) is 4.54. The van der Waals surface area contributed by atoms with Crippen LogP contribution in [0.1, 0.15) is 57.1 Å². The molecule has 1 N–H and O–H groups in total. The van der Waals surface area contributed by atoms with Crippen molar-refractivity contribution >= 4 is 0 Å². The molecule has 0 unspecified atom stereocenters. The minimum atomic E-state index is 0.990. The molecule has 1 aliphatic carbocycles. The van der Waals surface area contributed by atoms with Gasteiger partial charge in [0.25, 0.3) is 0 Å². The van der Waals surface area contributed by atoms with Gasteiger partial charge in [-0.2, -0.15) is 0 Å². The number of hydrogen-bond acceptors (Lipinski definition) is 2. The van der Waals surface area contributed by atoms with Gasteiger partial charge in [0.1, 0.15) is 0 Å². The molecule has 0 bridgehead atoms. The summed E-state index contributed by atoms with van der Waals surface area (Å²) in [6.45, 7) is 7.56. The molecular weight excluding hydrogens is 268 g/mol. The highest BCUT2D eigenvalue weighted by atomic mass is 15.1. The second kappa shape index (κ2) is 11.7. The molecule has 1 aliphatic heterocycles. The molecule has 0 atom stereocenters. The fourth-order valence-electron chi connectivity index (χ4n) is 3.32. The van der Waals surface area contributed by atoms with Crippen LogP contribution in [0.2, 0.25) is 0 Å². The van der Waals surface area contributed by atoms with E-state index in [1.807, 2.05) is 13.8 Å². The predicted molar refractivity (Wildman–Crippen MR) is 98.3 cm³/mol. The van der Waals surface area contributed by atoms with E-state index >= 15 is 0 Å². The van der Waals surface area contributed by atoms with E-state index in [9.17, 15) is 0 Å². The quantitative estimate of drug-likeness (QED) is 0.866. The molecule has 126 valence electrons. The monoisotopic (exact) mass is 304 g/mol. The molecule has 2 heteroatoms. The minimum Gasteiger partial charge on any atom is -0.319 e. The normalized spacial score (nSPS) is 18.4. The number of nitrogens with one attached hydrogen (secondary N) is 1. The van der Waals surface area contributed by atoms with Crippen LogP contribution in [0, 0.1) is 5.92 Å². The predicted octanol–water partition coefficient (Wildman–Crippen LogP) is 4.49. The van der Waals surface area contributed by atoms with Crippen LogP contribution in [0.15, 0.2) is 24.3 Å². The van der Waals surface area contributed by atoms with Crippen molar-refractivity contribution in [1.82, 2.24) is 10.2 Å². The summed E-state index contributed by atoms with van der Waals surface area (Å²) in [4.78, 5) is 2.36. The summed E-state index contributed by atoms with van der Waals surface area (Å²) in [5.74, 6) is 0.990. The van der Waals surface area contributed by atoms with E-state index in [1.54, 1.807) is 0 Å². The van der Waals surface area contributed by atoms with E-state index in [4.69, 9.17) is 0 Å². The number of benzene rings is 1. The van der Waals surface area contributed by atoms with Crippen molar-refractivity contribution < 1.29 is 0 Å². The topological polar surface area (TPSA) is 15.3 Å². The highest BCUT2D eigenvalue weighted by molar-refractivity contribution is 5.28. The lowest BCUT2D eigenvalue weighted by Gasteiger charge is -2.24. The lowest BCUT2D eigenvalue weighted by molar-refractivity contribution is 0.313. The molecule has 0 aromatic heterocycles. The van der Waals surface area contributed by atoms with E-state index < -0.39 is 0 Å². The molecule has 22 heavy (non-hydrogen) atoms. The molecule has 0 amide bonds. The average Bonchev–Trinajstić information content (AvgIpc) is 2.58. The fourth-order valence-corrected chi connectivity index (χ4v) is 3.32. The van der Waals surface area contributed by atoms with Crippen LogP contribution in [-0.2, 0) is 13.0 Å². The molecule has 0 spiro atoms. The Kier molecular flexibility index (Phi) is 10.2. The van der Waals surface area contributed by atoms with E-state index in [0.717, 1.165) is 12.5 Å². The molecule has 1 fully saturated rings. The van der Waals surface area contributed by atoms with Crippen LogP contribution in [0.3, 0.4) is 0 Å². The van der Waals surface area contributed by atoms with Gasteiger partial charge in [-0.3, -0.25) is 0 Å². The van der Waals surface area contributed by atoms with Crippen LogP contribution >= 0.6 is 0 Å². The SMILES string of the molecule is CC.CN1CCc2ccccc2C1.CNCC1CCCCC1. The summed E-state index contributed by atoms with van der Waals surface area (Å²) >= 11 is 0. The number of hydrogen-bond donors (Lipinski definition) is 1. The van der Waals surface area contributed by atoms with Gasteiger partial charge in [0.15, 0.2) is 0 Å². The number of fused-ring (bicyclic) bond motifs is 1. The number of nitrogens with zero attached hydrogens (tertiary/aromatic N) is 1. The van der Waals surface area contributed by atoms with Gasteiger partial charge < -0.3 is 10.2 Å². The van der Waals surface area contributed by atoms with Gasteiger partial charge in [-0.1, -0.05) is 57.4 Å². The zero-order valence-corrected chi connectivity index (χ0v) is 15.2. The highest BCUT2D eigenvalue weighted by Crippen LogP contribution is 2.22. The lowest BCUT2D eigenvalue weighted by Crippen LogP contribution is -2.26. The molecule has 0 saturated heterocycles. The first kappa shape index (κ1) is 19.2. The molecule has 1 aromatic carbocycles. The Bertz CT molecular complexity index is 380. The smallest absolute Gasteiger partial charge is 0.0233 e. The average molecular weight is 305 g/mol. The summed E-state index contributed by atoms with van der Waals surface area (Å²) in [6.07, 6.45) is 8.53. The van der Waals surface area contributed by atoms with E-state index in [1.165, 1.54) is 62.7 Å². The van der Waals surface area contributed by atoms with E-state index in [0.29, 0.717) is 0 Å². The number of likely N-dealkylation sites (N-methyl/N-ethyl adjacent to an activating group) is 1. The Labute approximate surface area is 138 Å². The molecule has 1 aromatic rings. The number of rotatable bonds is 2. The maximum absolute atomic E-state index is 3.24. The van der Waals surface area contributed by atoms with Crippen LogP contribution in [0.25, 0.3) is 0 Å². The first-order valence-corrected chi connectivity index (χ1v) is 9.19. The van der Waals surface area contributed by atoms with Crippen LogP contribution in [0.5, 0.6) is 0 Å². The maximum atomic E-state index is 3.24. The van der Waals surface area contributed by atoms with Gasteiger partial charge in [-0.25, -0.2) is 0 Å². The third kappa shape index (κ3) is 6.93. The highest BCUT2D eigenvalue weighted by Gasteiger charge is 2.11. The van der Waals surface area contributed by atoms with Gasteiger partial charge in [0, 0.05) is 13.1 Å². The molecule has 0 radical (unpaired) electrons. The van der Waals surface area contributed by atoms with Gasteiger partial charge in [0.2, 0.25) is 0 Å². The zero-order chi connectivity index (χ0) is 16.2. The van der Waals surface area contributed by atoms with Crippen molar-refractivity contribution in [2.45, 2.75) is 58.9 Å². The third-order valence-electron chi connectivity index (χ3n) is 4.54. The van der Waals surface area contributed by atoms with Crippen molar-refractivity contribution in [2.24, 2.45) is 5.92 Å². The van der Waals surface area contributed by atoms with Crippen LogP contribution in [0.4, 0.5) is 0 Å². The maximum Gasteiger partial charge on any atom is 0.0233 e. The molecular formula is C20H36N2. The van der Waals surface area contributed by atoms with Crippen molar-refractivity contribution in [3.05, 3.63) is 35.4 Å². The summed E-state index contributed by atoms with van der Waals surface area (Å²) in [6, 6.07) is 8.72. The Balaban J connectivity index is 0.000000202. The first-order chi connectivity index (χ1) is 10.8. The standard InChI is InChI=1S/C10H13N.C8H17N.C2H6/c1-11-7-6-9-4-2-3-5-10(9)8-11;1-9-7-8-5-3-2-4-6-8;1-2/h2-5H,6-8H2,1H3;8-9H,2-7H2,1H3;1-2H3. The first-order valence-electron chi connectivity index (χ1n) is 9.19. The lowest BCUT2D eigenvalue weighted by atomic mass is 9.89. The van der Waals surface area contributed by atoms with Crippen LogP contribution < -0.4 is 5.32 Å². The second-order valence-corrected chi connectivity index (χ2v) is 6.32. The summed E-state index contributed by atoms with van der Waals surface area (Å²) in [5, 5.41) is 3.24. The zero-order valence-electron chi connectivity index (χ0n) is 15.2. The Morgan fingerprint density at radius 1 is 1.05 bits per heavy atom. The van der Waals surface area contributed by atoms with Gasteiger partial charge in [-0.15, -0.1) is 0 Å². The Hall–Kier alpha value is -0.860. The van der Waals surface area contributed by atoms with Crippen molar-refractivity contribution in [1.29, 1.82) is 0 Å². The molecule has 1 heterocycles. The van der Waals surface area contributed by atoms with Crippen molar-refractivity contribution in [3.63, 3.8) is 0 Å². The molecule has 3 rings (SSSR count). The van der Waals surface area contributed by atoms with Crippen LogP contribution in [-0.4, -0.2) is 32.1 Å². The summed E-state index contributed by atoms with van der Waals surface area (Å²) < 4.78 is 0. The largest absolute Gasteiger partial charge is 0.319 e. The van der Waals surface area contributed by atoms with Gasteiger partial charge in [0.05, 0.1) is 0 Å². The van der Waals surface area contributed by atoms with E-state index in [2.05, 4.69) is 48.6 Å². The Morgan fingerprint density at radius 2 is 1.68 bits per heavy atom. The molecule has 2 aliphatic rings. The molecule has 2 nitrogen and oxygen atoms in total. The van der Waals surface area contributed by atoms with Gasteiger partial charge in [-0.05, 0) is 56.9 Å². The summed E-state index contributed by atoms with van der Waals surface area (Å²) in [5.41, 5.74) is 3.03. The Morgan fingerprint density at radius 3 is 2.32 bits per heavy atom. The van der Waals surface area contributed by atoms with Gasteiger partial charge >= 0.3 is 0 Å².